The molecule has 1 saturated heterocycles. The molecule has 5 heterocycles. The Morgan fingerprint density at radius 3 is 2.53 bits per heavy atom. The van der Waals surface area contributed by atoms with Gasteiger partial charge in [-0.15, -0.1) is 0 Å². The summed E-state index contributed by atoms with van der Waals surface area (Å²) in [6.45, 7) is 2.50. The van der Waals surface area contributed by atoms with Crippen molar-refractivity contribution in [3.05, 3.63) is 59.7 Å². The van der Waals surface area contributed by atoms with E-state index in [4.69, 9.17) is 9.47 Å². The fraction of sp³-hybridized carbons (Fsp3) is 0.296. The highest BCUT2D eigenvalue weighted by Crippen LogP contribution is 2.53. The minimum atomic E-state index is -0.949. The normalized spacial score (nSPS) is 27.7. The Hall–Kier alpha value is -3.39. The van der Waals surface area contributed by atoms with Crippen molar-refractivity contribution in [1.29, 1.82) is 0 Å². The number of rotatable bonds is 1. The van der Waals surface area contributed by atoms with Gasteiger partial charge >= 0.3 is 0 Å². The molecule has 3 aromatic carbocycles. The molecule has 0 aliphatic carbocycles. The number of carbonyl (C=O) groups excluding carboxylic acids is 1. The maximum atomic E-state index is 13.2. The Bertz CT molecular complexity index is 1730. The third-order valence-electron chi connectivity index (χ3n) is 8.20. The number of fused-ring (bicyclic) bond motifs is 13. The predicted molar refractivity (Wildman–Crippen MR) is 129 cm³/mol. The van der Waals surface area contributed by atoms with Crippen LogP contribution in [0.2, 0.25) is 0 Å². The largest absolute Gasteiger partial charge is 0.390 e. The first-order chi connectivity index (χ1) is 16.5. The van der Waals surface area contributed by atoms with Gasteiger partial charge in [-0.2, -0.15) is 0 Å². The van der Waals surface area contributed by atoms with Crippen LogP contribution in [0.3, 0.4) is 0 Å². The number of nitrogens with one attached hydrogen (secondary N) is 1. The first-order valence-electron chi connectivity index (χ1n) is 11.7. The predicted octanol–water partition coefficient (Wildman–Crippen LogP) is 4.13. The van der Waals surface area contributed by atoms with E-state index in [1.165, 1.54) is 0 Å². The van der Waals surface area contributed by atoms with Crippen molar-refractivity contribution in [1.82, 2.24) is 14.5 Å². The average molecular weight is 453 g/mol. The molecule has 0 saturated carbocycles. The molecule has 8 rings (SSSR count). The van der Waals surface area contributed by atoms with Gasteiger partial charge in [0, 0.05) is 41.6 Å². The molecule has 170 valence electrons. The summed E-state index contributed by atoms with van der Waals surface area (Å²) >= 11 is 0. The zero-order chi connectivity index (χ0) is 22.9. The van der Waals surface area contributed by atoms with Crippen LogP contribution in [0.1, 0.15) is 35.5 Å². The van der Waals surface area contributed by atoms with Crippen LogP contribution >= 0.6 is 0 Å². The standard InChI is InChI=1S/C27H23N3O4/c1-27-25(33-2)18(31)11-19(34-27)29-16-9-5-3-7-13(16)21-22-15(12-28-26(22)32)20-14-8-4-6-10-17(14)30(27)24(20)23(21)29/h3-10,18-19,25,31H,11-12H2,1-2H3,(H,28,32)/t18-,19+,25-,27-/m0/s1. The molecule has 0 radical (unpaired) electrons. The molecular formula is C27H23N3O4. The van der Waals surface area contributed by atoms with E-state index >= 15 is 0 Å². The van der Waals surface area contributed by atoms with E-state index in [-0.39, 0.29) is 5.91 Å². The second-order valence-corrected chi connectivity index (χ2v) is 9.81. The lowest BCUT2D eigenvalue weighted by Crippen LogP contribution is -2.56. The van der Waals surface area contributed by atoms with E-state index in [1.807, 2.05) is 31.2 Å². The molecule has 2 aromatic heterocycles. The fourth-order valence-corrected chi connectivity index (χ4v) is 7.03. The van der Waals surface area contributed by atoms with E-state index in [2.05, 4.69) is 38.7 Å². The minimum Gasteiger partial charge on any atom is -0.390 e. The summed E-state index contributed by atoms with van der Waals surface area (Å²) in [5.41, 5.74) is 4.86. The van der Waals surface area contributed by atoms with Gasteiger partial charge in [0.15, 0.2) is 5.72 Å². The number of para-hydroxylation sites is 2. The summed E-state index contributed by atoms with van der Waals surface area (Å²) in [4.78, 5) is 13.2. The fourth-order valence-electron chi connectivity index (χ4n) is 7.03. The van der Waals surface area contributed by atoms with Crippen LogP contribution in [0.5, 0.6) is 0 Å². The molecule has 0 spiro atoms. The van der Waals surface area contributed by atoms with Crippen LogP contribution in [0.15, 0.2) is 48.5 Å². The zero-order valence-corrected chi connectivity index (χ0v) is 18.8. The van der Waals surface area contributed by atoms with Gasteiger partial charge in [-0.25, -0.2) is 0 Å². The van der Waals surface area contributed by atoms with E-state index < -0.39 is 24.2 Å². The Balaban J connectivity index is 1.75. The quantitative estimate of drug-likeness (QED) is 0.400. The van der Waals surface area contributed by atoms with Crippen molar-refractivity contribution in [2.45, 2.75) is 44.1 Å². The van der Waals surface area contributed by atoms with Crippen LogP contribution in [-0.4, -0.2) is 39.5 Å². The molecule has 0 unspecified atom stereocenters. The van der Waals surface area contributed by atoms with Crippen molar-refractivity contribution in [2.24, 2.45) is 0 Å². The van der Waals surface area contributed by atoms with Gasteiger partial charge in [-0.05, 0) is 24.6 Å². The average Bonchev–Trinajstić information content (AvgIpc) is 3.46. The highest BCUT2D eigenvalue weighted by atomic mass is 16.6. The van der Waals surface area contributed by atoms with Gasteiger partial charge in [0.1, 0.15) is 12.3 Å². The van der Waals surface area contributed by atoms with E-state index in [9.17, 15) is 9.90 Å². The number of nitrogens with zero attached hydrogens (tertiary/aromatic N) is 2. The summed E-state index contributed by atoms with van der Waals surface area (Å²) in [6.07, 6.45) is -1.28. The Morgan fingerprint density at radius 2 is 1.76 bits per heavy atom. The summed E-state index contributed by atoms with van der Waals surface area (Å²) < 4.78 is 17.2. The van der Waals surface area contributed by atoms with Gasteiger partial charge in [0.05, 0.1) is 33.7 Å². The molecule has 2 N–H and O–H groups in total. The number of hydrogen-bond acceptors (Lipinski definition) is 4. The first kappa shape index (κ1) is 19.0. The molecule has 1 amide bonds. The molecular weight excluding hydrogens is 430 g/mol. The third kappa shape index (κ3) is 1.92. The summed E-state index contributed by atoms with van der Waals surface area (Å²) in [6, 6.07) is 16.4. The van der Waals surface area contributed by atoms with Gasteiger partial charge in [0.25, 0.3) is 5.91 Å². The minimum absolute atomic E-state index is 0.0363. The number of amides is 1. The lowest BCUT2D eigenvalue weighted by Gasteiger charge is -2.46. The van der Waals surface area contributed by atoms with Crippen molar-refractivity contribution in [3.8, 4) is 0 Å². The number of ether oxygens (including phenoxy) is 2. The van der Waals surface area contributed by atoms with Gasteiger partial charge in [-0.1, -0.05) is 36.4 Å². The summed E-state index contributed by atoms with van der Waals surface area (Å²) in [5, 5.41) is 18.5. The molecule has 1 fully saturated rings. The SMILES string of the molecule is CO[C@H]1[C@@H](O)C[C@H]2O[C@]1(C)n1c3ccccc3c3c4c(c5c6ccccc6n2c5c31)C(=O)NC4. The van der Waals surface area contributed by atoms with Crippen LogP contribution in [-0.2, 0) is 21.7 Å². The molecule has 7 heteroatoms. The lowest BCUT2D eigenvalue weighted by molar-refractivity contribution is -0.278. The van der Waals surface area contributed by atoms with Gasteiger partial charge in [0.2, 0.25) is 0 Å². The molecule has 7 nitrogen and oxygen atoms in total. The smallest absolute Gasteiger partial charge is 0.252 e. The summed E-state index contributed by atoms with van der Waals surface area (Å²) in [5.74, 6) is -0.0363. The van der Waals surface area contributed by atoms with Crippen molar-refractivity contribution >= 4 is 49.5 Å². The monoisotopic (exact) mass is 453 g/mol. The van der Waals surface area contributed by atoms with Crippen molar-refractivity contribution in [3.63, 3.8) is 0 Å². The second-order valence-electron chi connectivity index (χ2n) is 9.81. The van der Waals surface area contributed by atoms with Gasteiger partial charge in [-0.3, -0.25) is 4.79 Å². The lowest BCUT2D eigenvalue weighted by atomic mass is 9.95. The van der Waals surface area contributed by atoms with Crippen molar-refractivity contribution in [2.75, 3.05) is 7.11 Å². The van der Waals surface area contributed by atoms with Gasteiger partial charge < -0.3 is 29.0 Å². The number of methoxy groups -OCH3 is 1. The number of aliphatic hydroxyl groups excluding tert-OH is 1. The molecule has 2 bridgehead atoms. The van der Waals surface area contributed by atoms with Crippen LogP contribution in [0.25, 0.3) is 43.6 Å². The Kier molecular flexibility index (Phi) is 3.34. The number of carbonyl (C=O) groups is 1. The zero-order valence-electron chi connectivity index (χ0n) is 18.8. The number of benzene rings is 3. The maximum Gasteiger partial charge on any atom is 0.252 e. The maximum absolute atomic E-state index is 13.2. The molecule has 4 atom stereocenters. The third-order valence-corrected chi connectivity index (χ3v) is 8.20. The first-order valence-corrected chi connectivity index (χ1v) is 11.7. The molecule has 5 aromatic rings. The summed E-state index contributed by atoms with van der Waals surface area (Å²) in [7, 11) is 1.63. The second kappa shape index (κ2) is 5.99. The Morgan fingerprint density at radius 1 is 1.06 bits per heavy atom. The van der Waals surface area contributed by atoms with E-state index in [1.54, 1.807) is 7.11 Å². The van der Waals surface area contributed by atoms with Crippen LogP contribution < -0.4 is 5.32 Å². The molecule has 3 aliphatic heterocycles. The van der Waals surface area contributed by atoms with E-state index in [0.29, 0.717) is 13.0 Å². The number of hydrogen-bond donors (Lipinski definition) is 2. The van der Waals surface area contributed by atoms with Crippen LogP contribution in [0.4, 0.5) is 0 Å². The van der Waals surface area contributed by atoms with Crippen LogP contribution in [0, 0.1) is 0 Å². The van der Waals surface area contributed by atoms with E-state index in [0.717, 1.165) is 54.7 Å². The molecule has 34 heavy (non-hydrogen) atoms. The number of aliphatic hydroxyl groups is 1. The van der Waals surface area contributed by atoms with Crippen molar-refractivity contribution < 1.29 is 19.4 Å². The molecule has 3 aliphatic rings. The highest BCUT2D eigenvalue weighted by molar-refractivity contribution is 6.31. The highest BCUT2D eigenvalue weighted by Gasteiger charge is 2.53. The number of aromatic nitrogens is 2. The Labute approximate surface area is 194 Å². The topological polar surface area (TPSA) is 77.7 Å².